The van der Waals surface area contributed by atoms with Crippen LogP contribution in [0.2, 0.25) is 0 Å². The highest BCUT2D eigenvalue weighted by Gasteiger charge is 2.03. The van der Waals surface area contributed by atoms with Gasteiger partial charge in [0.1, 0.15) is 6.21 Å². The fourth-order valence-electron chi connectivity index (χ4n) is 1.24. The van der Waals surface area contributed by atoms with E-state index in [0.717, 1.165) is 6.21 Å². The lowest BCUT2D eigenvalue weighted by molar-refractivity contribution is -0.140. The highest BCUT2D eigenvalue weighted by molar-refractivity contribution is 5.81. The zero-order valence-corrected chi connectivity index (χ0v) is 8.91. The van der Waals surface area contributed by atoms with Crippen molar-refractivity contribution in [2.75, 3.05) is 0 Å². The van der Waals surface area contributed by atoms with Gasteiger partial charge < -0.3 is 9.25 Å². The maximum atomic E-state index is 11.5. The van der Waals surface area contributed by atoms with Crippen molar-refractivity contribution in [1.29, 1.82) is 0 Å². The Balaban J connectivity index is 2.40. The summed E-state index contributed by atoms with van der Waals surface area (Å²) in [5, 5.41) is 3.71. The van der Waals surface area contributed by atoms with Gasteiger partial charge >= 0.3 is 11.6 Å². The summed E-state index contributed by atoms with van der Waals surface area (Å²) in [7, 11) is 0. The number of rotatable bonds is 2. The molecule has 0 aliphatic heterocycles. The molecule has 0 aliphatic rings. The summed E-state index contributed by atoms with van der Waals surface area (Å²) in [6.45, 7) is 1.21. The molecule has 17 heavy (non-hydrogen) atoms. The molecule has 6 nitrogen and oxygen atoms in total. The first kappa shape index (κ1) is 11.0. The Bertz CT molecular complexity index is 645. The number of para-hydroxylation sites is 1. The van der Waals surface area contributed by atoms with Crippen LogP contribution in [0.25, 0.3) is 10.9 Å². The topological polar surface area (TPSA) is 81.8 Å². The second kappa shape index (κ2) is 4.56. The SMILES string of the molecule is CC(=O)ON=Cc1nc2ccccc2c(=O)o1. The second-order valence-electron chi connectivity index (χ2n) is 3.17. The summed E-state index contributed by atoms with van der Waals surface area (Å²) in [6, 6.07) is 6.76. The van der Waals surface area contributed by atoms with Crippen LogP contribution in [-0.4, -0.2) is 17.2 Å². The van der Waals surface area contributed by atoms with Crippen LogP contribution in [-0.2, 0) is 9.63 Å². The van der Waals surface area contributed by atoms with Gasteiger partial charge in [0.2, 0.25) is 5.89 Å². The lowest BCUT2D eigenvalue weighted by atomic mass is 10.2. The maximum absolute atomic E-state index is 11.5. The van der Waals surface area contributed by atoms with Crippen molar-refractivity contribution in [2.24, 2.45) is 5.16 Å². The van der Waals surface area contributed by atoms with E-state index in [0.29, 0.717) is 10.9 Å². The molecule has 6 heteroatoms. The molecule has 0 saturated carbocycles. The average Bonchev–Trinajstić information content (AvgIpc) is 2.28. The lowest BCUT2D eigenvalue weighted by Gasteiger charge is -1.95. The van der Waals surface area contributed by atoms with Gasteiger partial charge in [0, 0.05) is 6.92 Å². The predicted octanol–water partition coefficient (Wildman–Crippen LogP) is 1.08. The quantitative estimate of drug-likeness (QED) is 0.439. The van der Waals surface area contributed by atoms with Crippen molar-refractivity contribution in [3.63, 3.8) is 0 Å². The number of nitrogens with zero attached hydrogens (tertiary/aromatic N) is 2. The highest BCUT2D eigenvalue weighted by atomic mass is 16.7. The van der Waals surface area contributed by atoms with E-state index in [1.54, 1.807) is 24.3 Å². The van der Waals surface area contributed by atoms with Crippen LogP contribution < -0.4 is 5.63 Å². The van der Waals surface area contributed by atoms with Crippen LogP contribution in [0, 0.1) is 0 Å². The Morgan fingerprint density at radius 2 is 2.24 bits per heavy atom. The number of oxime groups is 1. The van der Waals surface area contributed by atoms with Crippen LogP contribution >= 0.6 is 0 Å². The van der Waals surface area contributed by atoms with Gasteiger partial charge in [-0.25, -0.2) is 14.6 Å². The van der Waals surface area contributed by atoms with Crippen LogP contribution in [0.3, 0.4) is 0 Å². The molecular formula is C11H8N2O4. The summed E-state index contributed by atoms with van der Waals surface area (Å²) in [4.78, 5) is 30.3. The van der Waals surface area contributed by atoms with Gasteiger partial charge in [-0.15, -0.1) is 0 Å². The Morgan fingerprint density at radius 3 is 3.00 bits per heavy atom. The van der Waals surface area contributed by atoms with E-state index in [9.17, 15) is 9.59 Å². The number of hydrogen-bond donors (Lipinski definition) is 0. The number of fused-ring (bicyclic) bond motifs is 1. The highest BCUT2D eigenvalue weighted by Crippen LogP contribution is 2.06. The molecule has 1 aromatic heterocycles. The number of benzene rings is 1. The summed E-state index contributed by atoms with van der Waals surface area (Å²) in [6.07, 6.45) is 1.06. The molecule has 2 rings (SSSR count). The maximum Gasteiger partial charge on any atom is 0.347 e. The third-order valence-corrected chi connectivity index (χ3v) is 1.90. The van der Waals surface area contributed by atoms with Crippen LogP contribution in [0.4, 0.5) is 0 Å². The molecule has 0 fully saturated rings. The molecule has 1 aromatic carbocycles. The number of carbonyl (C=O) groups is 1. The monoisotopic (exact) mass is 232 g/mol. The van der Waals surface area contributed by atoms with Crippen molar-refractivity contribution in [1.82, 2.24) is 4.98 Å². The molecule has 2 aromatic rings. The van der Waals surface area contributed by atoms with Crippen LogP contribution in [0.5, 0.6) is 0 Å². The van der Waals surface area contributed by atoms with Gasteiger partial charge in [-0.1, -0.05) is 17.3 Å². The molecule has 86 valence electrons. The van der Waals surface area contributed by atoms with E-state index in [1.165, 1.54) is 6.92 Å². The average molecular weight is 232 g/mol. The fraction of sp³-hybridized carbons (Fsp3) is 0.0909. The van der Waals surface area contributed by atoms with E-state index in [4.69, 9.17) is 4.42 Å². The van der Waals surface area contributed by atoms with E-state index in [-0.39, 0.29) is 5.89 Å². The minimum Gasteiger partial charge on any atom is -0.402 e. The van der Waals surface area contributed by atoms with E-state index in [1.807, 2.05) is 0 Å². The zero-order valence-electron chi connectivity index (χ0n) is 8.91. The normalized spacial score (nSPS) is 10.9. The fourth-order valence-corrected chi connectivity index (χ4v) is 1.24. The molecule has 0 unspecified atom stereocenters. The molecule has 0 atom stereocenters. The molecule has 0 radical (unpaired) electrons. The van der Waals surface area contributed by atoms with Crippen molar-refractivity contribution in [3.05, 3.63) is 40.6 Å². The largest absolute Gasteiger partial charge is 0.402 e. The van der Waals surface area contributed by atoms with Crippen molar-refractivity contribution in [2.45, 2.75) is 6.92 Å². The minimum atomic E-state index is -0.565. The number of aromatic nitrogens is 1. The molecule has 0 saturated heterocycles. The first-order valence-electron chi connectivity index (χ1n) is 4.77. The third kappa shape index (κ3) is 2.54. The first-order valence-corrected chi connectivity index (χ1v) is 4.77. The van der Waals surface area contributed by atoms with Gasteiger partial charge in [-0.3, -0.25) is 0 Å². The molecule has 0 amide bonds. The standard InChI is InChI=1S/C11H8N2O4/c1-7(14)17-12-6-10-13-9-5-3-2-4-8(9)11(15)16-10/h2-6H,1H3. The van der Waals surface area contributed by atoms with Crippen LogP contribution in [0.1, 0.15) is 12.8 Å². The molecule has 0 spiro atoms. The van der Waals surface area contributed by atoms with E-state index >= 15 is 0 Å². The lowest BCUT2D eigenvalue weighted by Crippen LogP contribution is -2.04. The first-order chi connectivity index (χ1) is 8.16. The van der Waals surface area contributed by atoms with Crippen molar-refractivity contribution >= 4 is 23.1 Å². The van der Waals surface area contributed by atoms with Crippen LogP contribution in [0.15, 0.2) is 38.6 Å². The van der Waals surface area contributed by atoms with E-state index in [2.05, 4.69) is 15.0 Å². The predicted molar refractivity (Wildman–Crippen MR) is 59.6 cm³/mol. The Labute approximate surface area is 95.5 Å². The van der Waals surface area contributed by atoms with Crippen molar-refractivity contribution < 1.29 is 14.0 Å². The zero-order chi connectivity index (χ0) is 12.3. The summed E-state index contributed by atoms with van der Waals surface area (Å²) in [5.41, 5.74) is -0.0205. The number of hydrogen-bond acceptors (Lipinski definition) is 6. The minimum absolute atomic E-state index is 0.0186. The summed E-state index contributed by atoms with van der Waals surface area (Å²) < 4.78 is 4.87. The van der Waals surface area contributed by atoms with Gasteiger partial charge in [-0.05, 0) is 12.1 Å². The van der Waals surface area contributed by atoms with Crippen molar-refractivity contribution in [3.8, 4) is 0 Å². The molecular weight excluding hydrogens is 224 g/mol. The van der Waals surface area contributed by atoms with Gasteiger partial charge in [0.05, 0.1) is 10.9 Å². The third-order valence-electron chi connectivity index (χ3n) is 1.90. The Morgan fingerprint density at radius 1 is 1.47 bits per heavy atom. The Hall–Kier alpha value is -2.50. The molecule has 0 aliphatic carbocycles. The molecule has 1 heterocycles. The smallest absolute Gasteiger partial charge is 0.347 e. The van der Waals surface area contributed by atoms with Gasteiger partial charge in [0.25, 0.3) is 0 Å². The van der Waals surface area contributed by atoms with Gasteiger partial charge in [-0.2, -0.15) is 0 Å². The Kier molecular flexibility index (Phi) is 2.95. The van der Waals surface area contributed by atoms with Gasteiger partial charge in [0.15, 0.2) is 0 Å². The second-order valence-corrected chi connectivity index (χ2v) is 3.17. The molecule has 0 N–H and O–H groups in total. The summed E-state index contributed by atoms with van der Waals surface area (Å²) in [5.74, 6) is -0.584. The summed E-state index contributed by atoms with van der Waals surface area (Å²) >= 11 is 0. The number of carbonyl (C=O) groups excluding carboxylic acids is 1. The molecule has 0 bridgehead atoms. The van der Waals surface area contributed by atoms with E-state index < -0.39 is 11.6 Å².